The van der Waals surface area contributed by atoms with Crippen LogP contribution in [-0.2, 0) is 14.4 Å². The standard InChI is InChI=1S/C26H50N4O4/c1-3-5-7-9-11-13-15-19-23(31)30(22(25(33)34)18-17-21-29-26(27)28)24(32)20-16-14-12-10-8-6-4-2/h22H,3-21H2,1-2H3,(H,33,34)(H4,27,28,29). The van der Waals surface area contributed by atoms with E-state index in [1.54, 1.807) is 0 Å². The SMILES string of the molecule is CCCCCCCCCC(=O)N(C(=O)CCCCCCCCC)C(CCCN=C(N)N)C(=O)O. The van der Waals surface area contributed by atoms with Crippen molar-refractivity contribution in [2.24, 2.45) is 16.5 Å². The second kappa shape index (κ2) is 21.4. The molecule has 0 saturated heterocycles. The van der Waals surface area contributed by atoms with Gasteiger partial charge in [-0.15, -0.1) is 0 Å². The molecule has 1 atom stereocenters. The second-order valence-electron chi connectivity index (χ2n) is 9.20. The lowest BCUT2D eigenvalue weighted by Crippen LogP contribution is -2.48. The maximum absolute atomic E-state index is 13.0. The Kier molecular flexibility index (Phi) is 20.1. The fourth-order valence-electron chi connectivity index (χ4n) is 4.05. The predicted molar refractivity (Wildman–Crippen MR) is 138 cm³/mol. The summed E-state index contributed by atoms with van der Waals surface area (Å²) in [5.74, 6) is -1.98. The van der Waals surface area contributed by atoms with Crippen molar-refractivity contribution < 1.29 is 19.5 Å². The molecule has 8 heteroatoms. The zero-order chi connectivity index (χ0) is 25.6. The average molecular weight is 483 g/mol. The lowest BCUT2D eigenvalue weighted by Gasteiger charge is -2.27. The van der Waals surface area contributed by atoms with Crippen molar-refractivity contribution in [2.45, 2.75) is 135 Å². The lowest BCUT2D eigenvalue weighted by molar-refractivity contribution is -0.158. The quantitative estimate of drug-likeness (QED) is 0.111. The predicted octanol–water partition coefficient (Wildman–Crippen LogP) is 5.13. The van der Waals surface area contributed by atoms with Crippen LogP contribution < -0.4 is 11.5 Å². The first-order valence-corrected chi connectivity index (χ1v) is 13.5. The van der Waals surface area contributed by atoms with Gasteiger partial charge in [0.15, 0.2) is 5.96 Å². The number of carboxylic acids is 1. The van der Waals surface area contributed by atoms with Gasteiger partial charge in [-0.3, -0.25) is 19.5 Å². The van der Waals surface area contributed by atoms with Gasteiger partial charge in [0, 0.05) is 19.4 Å². The number of unbranched alkanes of at least 4 members (excludes halogenated alkanes) is 12. The molecule has 0 bridgehead atoms. The number of hydrogen-bond acceptors (Lipinski definition) is 4. The number of carbonyl (C=O) groups excluding carboxylic acids is 2. The molecule has 0 radical (unpaired) electrons. The maximum atomic E-state index is 13.0. The number of amides is 2. The molecule has 0 aliphatic carbocycles. The van der Waals surface area contributed by atoms with Gasteiger partial charge in [-0.05, 0) is 25.7 Å². The maximum Gasteiger partial charge on any atom is 0.326 e. The fraction of sp³-hybridized carbons (Fsp3) is 0.846. The molecular weight excluding hydrogens is 432 g/mol. The Bertz CT molecular complexity index is 561. The summed E-state index contributed by atoms with van der Waals surface area (Å²) in [5.41, 5.74) is 10.7. The molecule has 2 amide bonds. The van der Waals surface area contributed by atoms with Crippen LogP contribution in [0.15, 0.2) is 4.99 Å². The monoisotopic (exact) mass is 482 g/mol. The highest BCUT2D eigenvalue weighted by atomic mass is 16.4. The Hall–Kier alpha value is -2.12. The van der Waals surface area contributed by atoms with E-state index in [-0.39, 0.29) is 43.6 Å². The summed E-state index contributed by atoms with van der Waals surface area (Å²) < 4.78 is 0. The van der Waals surface area contributed by atoms with Crippen molar-refractivity contribution in [3.63, 3.8) is 0 Å². The molecule has 0 aliphatic heterocycles. The van der Waals surface area contributed by atoms with Gasteiger partial charge in [0.25, 0.3) is 0 Å². The van der Waals surface area contributed by atoms with Crippen LogP contribution in [0.1, 0.15) is 129 Å². The average Bonchev–Trinajstić information content (AvgIpc) is 2.79. The Morgan fingerprint density at radius 1 is 0.706 bits per heavy atom. The minimum atomic E-state index is -1.18. The highest BCUT2D eigenvalue weighted by molar-refractivity contribution is 5.99. The van der Waals surface area contributed by atoms with Crippen LogP contribution in [0.2, 0.25) is 0 Å². The first kappa shape index (κ1) is 31.9. The minimum absolute atomic E-state index is 0.0613. The van der Waals surface area contributed by atoms with Crippen LogP contribution in [0.4, 0.5) is 0 Å². The lowest BCUT2D eigenvalue weighted by atomic mass is 10.0. The number of nitrogens with zero attached hydrogens (tertiary/aromatic N) is 2. The molecule has 0 aromatic rings. The molecule has 0 aliphatic rings. The number of aliphatic carboxylic acids is 1. The smallest absolute Gasteiger partial charge is 0.326 e. The van der Waals surface area contributed by atoms with Crippen molar-refractivity contribution >= 4 is 23.7 Å². The molecule has 34 heavy (non-hydrogen) atoms. The molecular formula is C26H50N4O4. The van der Waals surface area contributed by atoms with E-state index in [9.17, 15) is 19.5 Å². The van der Waals surface area contributed by atoms with Gasteiger partial charge >= 0.3 is 5.97 Å². The third-order valence-corrected chi connectivity index (χ3v) is 6.05. The highest BCUT2D eigenvalue weighted by Gasteiger charge is 2.33. The normalized spacial score (nSPS) is 11.7. The topological polar surface area (TPSA) is 139 Å². The van der Waals surface area contributed by atoms with Crippen molar-refractivity contribution in [3.8, 4) is 0 Å². The number of carboxylic acid groups (broad SMARTS) is 1. The molecule has 0 saturated carbocycles. The van der Waals surface area contributed by atoms with Crippen LogP contribution in [0, 0.1) is 0 Å². The molecule has 198 valence electrons. The molecule has 1 unspecified atom stereocenters. The zero-order valence-electron chi connectivity index (χ0n) is 21.7. The Morgan fingerprint density at radius 2 is 1.12 bits per heavy atom. The van der Waals surface area contributed by atoms with Crippen LogP contribution in [0.3, 0.4) is 0 Å². The van der Waals surface area contributed by atoms with Gasteiger partial charge in [0.2, 0.25) is 11.8 Å². The molecule has 0 rings (SSSR count). The van der Waals surface area contributed by atoms with Gasteiger partial charge in [-0.2, -0.15) is 0 Å². The van der Waals surface area contributed by atoms with E-state index < -0.39 is 12.0 Å². The van der Waals surface area contributed by atoms with Crippen LogP contribution in [0.25, 0.3) is 0 Å². The van der Waals surface area contributed by atoms with Gasteiger partial charge in [0.05, 0.1) is 0 Å². The van der Waals surface area contributed by atoms with E-state index in [1.807, 2.05) is 0 Å². The Labute approximate surface area is 206 Å². The molecule has 0 aromatic carbocycles. The molecule has 0 heterocycles. The molecule has 5 N–H and O–H groups in total. The van der Waals surface area contributed by atoms with E-state index >= 15 is 0 Å². The van der Waals surface area contributed by atoms with Gasteiger partial charge in [0.1, 0.15) is 6.04 Å². The molecule has 8 nitrogen and oxygen atoms in total. The summed E-state index contributed by atoms with van der Waals surface area (Å²) >= 11 is 0. The number of aliphatic imine (C=N–C) groups is 1. The van der Waals surface area contributed by atoms with E-state index in [0.717, 1.165) is 43.4 Å². The van der Waals surface area contributed by atoms with E-state index in [0.29, 0.717) is 19.3 Å². The summed E-state index contributed by atoms with van der Waals surface area (Å²) in [6, 6.07) is -1.18. The number of carbonyl (C=O) groups is 3. The molecule has 0 spiro atoms. The van der Waals surface area contributed by atoms with Crippen LogP contribution >= 0.6 is 0 Å². The summed E-state index contributed by atoms with van der Waals surface area (Å²) in [5, 5.41) is 9.80. The zero-order valence-corrected chi connectivity index (χ0v) is 21.7. The van der Waals surface area contributed by atoms with Gasteiger partial charge < -0.3 is 16.6 Å². The number of guanidine groups is 1. The highest BCUT2D eigenvalue weighted by Crippen LogP contribution is 2.17. The number of rotatable bonds is 22. The van der Waals surface area contributed by atoms with Crippen molar-refractivity contribution in [1.82, 2.24) is 4.90 Å². The first-order chi connectivity index (χ1) is 16.3. The largest absolute Gasteiger partial charge is 0.480 e. The Balaban J connectivity index is 4.92. The van der Waals surface area contributed by atoms with Crippen molar-refractivity contribution in [1.29, 1.82) is 0 Å². The number of imide groups is 1. The first-order valence-electron chi connectivity index (χ1n) is 13.5. The van der Waals surface area contributed by atoms with Crippen LogP contribution in [0.5, 0.6) is 0 Å². The van der Waals surface area contributed by atoms with Crippen molar-refractivity contribution in [3.05, 3.63) is 0 Å². The summed E-state index contributed by atoms with van der Waals surface area (Å²) in [6.07, 6.45) is 15.7. The number of nitrogens with two attached hydrogens (primary N) is 2. The van der Waals surface area contributed by atoms with Gasteiger partial charge in [-0.25, -0.2) is 4.79 Å². The van der Waals surface area contributed by atoms with E-state index in [4.69, 9.17) is 11.5 Å². The number of hydrogen-bond donors (Lipinski definition) is 3. The van der Waals surface area contributed by atoms with Crippen molar-refractivity contribution in [2.75, 3.05) is 6.54 Å². The van der Waals surface area contributed by atoms with E-state index in [1.165, 1.54) is 38.5 Å². The summed E-state index contributed by atoms with van der Waals surface area (Å²) in [4.78, 5) is 42.9. The summed E-state index contributed by atoms with van der Waals surface area (Å²) in [7, 11) is 0. The third-order valence-electron chi connectivity index (χ3n) is 6.05. The van der Waals surface area contributed by atoms with Gasteiger partial charge in [-0.1, -0.05) is 90.9 Å². The van der Waals surface area contributed by atoms with Crippen LogP contribution in [-0.4, -0.2) is 46.3 Å². The molecule has 0 aromatic heterocycles. The molecule has 0 fully saturated rings. The third kappa shape index (κ3) is 16.5. The second-order valence-corrected chi connectivity index (χ2v) is 9.20. The Morgan fingerprint density at radius 3 is 1.50 bits per heavy atom. The minimum Gasteiger partial charge on any atom is -0.480 e. The van der Waals surface area contributed by atoms with E-state index in [2.05, 4.69) is 18.8 Å². The fourth-order valence-corrected chi connectivity index (χ4v) is 4.05. The summed E-state index contributed by atoms with van der Waals surface area (Å²) in [6.45, 7) is 4.61.